The first kappa shape index (κ1) is 9.53. The average molecular weight is 191 g/mol. The molecule has 0 aliphatic heterocycles. The van der Waals surface area contributed by atoms with Crippen molar-refractivity contribution < 1.29 is 4.74 Å². The molecule has 1 fully saturated rings. The van der Waals surface area contributed by atoms with Crippen LogP contribution in [-0.2, 0) is 0 Å². The Bertz CT molecular complexity index is 360. The van der Waals surface area contributed by atoms with Gasteiger partial charge in [-0.2, -0.15) is 0 Å². The normalized spacial score (nSPS) is 24.9. The van der Waals surface area contributed by atoms with Crippen molar-refractivity contribution in [1.82, 2.24) is 0 Å². The number of ether oxygens (including phenoxy) is 1. The Balaban J connectivity index is 2.45. The van der Waals surface area contributed by atoms with E-state index in [2.05, 4.69) is 26.0 Å². The molecule has 0 radical (unpaired) electrons. The quantitative estimate of drug-likeness (QED) is 0.777. The van der Waals surface area contributed by atoms with Gasteiger partial charge in [0.05, 0.1) is 7.11 Å². The zero-order valence-corrected chi connectivity index (χ0v) is 9.00. The molecule has 0 spiro atoms. The van der Waals surface area contributed by atoms with Gasteiger partial charge in [-0.3, -0.25) is 0 Å². The third kappa shape index (κ3) is 1.50. The van der Waals surface area contributed by atoms with Crippen molar-refractivity contribution in [2.45, 2.75) is 32.2 Å². The van der Waals surface area contributed by atoms with Crippen molar-refractivity contribution in [3.8, 4) is 5.75 Å². The zero-order chi connectivity index (χ0) is 10.3. The molecule has 0 saturated heterocycles. The van der Waals surface area contributed by atoms with Gasteiger partial charge < -0.3 is 10.5 Å². The highest BCUT2D eigenvalue weighted by atomic mass is 16.5. The summed E-state index contributed by atoms with van der Waals surface area (Å²) in [5.41, 5.74) is 9.66. The lowest BCUT2D eigenvalue weighted by Crippen LogP contribution is -2.03. The molecule has 0 bridgehead atoms. The number of rotatable bonds is 2. The number of hydrogen-bond donors (Lipinski definition) is 1. The maximum atomic E-state index is 5.87. The fourth-order valence-electron chi connectivity index (χ4n) is 2.11. The van der Waals surface area contributed by atoms with E-state index in [1.54, 1.807) is 7.11 Å². The molecule has 0 heterocycles. The van der Waals surface area contributed by atoms with Crippen LogP contribution >= 0.6 is 0 Å². The Morgan fingerprint density at radius 3 is 2.50 bits per heavy atom. The van der Waals surface area contributed by atoms with E-state index < -0.39 is 0 Å². The van der Waals surface area contributed by atoms with Crippen LogP contribution < -0.4 is 10.5 Å². The molecule has 2 N–H and O–H groups in total. The lowest BCUT2D eigenvalue weighted by molar-refractivity contribution is 0.406. The fourth-order valence-corrected chi connectivity index (χ4v) is 2.11. The highest BCUT2D eigenvalue weighted by molar-refractivity contribution is 5.48. The summed E-state index contributed by atoms with van der Waals surface area (Å²) in [5.74, 6) is 1.54. The minimum absolute atomic E-state index is 0.338. The van der Waals surface area contributed by atoms with Crippen molar-refractivity contribution in [2.75, 3.05) is 7.11 Å². The van der Waals surface area contributed by atoms with Gasteiger partial charge in [0.2, 0.25) is 0 Å². The number of methoxy groups -OCH3 is 1. The molecule has 1 saturated carbocycles. The number of hydrogen-bond acceptors (Lipinski definition) is 2. The third-order valence-corrected chi connectivity index (χ3v) is 2.89. The van der Waals surface area contributed by atoms with E-state index in [4.69, 9.17) is 10.5 Å². The highest BCUT2D eigenvalue weighted by Crippen LogP contribution is 2.44. The summed E-state index contributed by atoms with van der Waals surface area (Å²) in [7, 11) is 1.73. The third-order valence-electron chi connectivity index (χ3n) is 2.89. The molecule has 2 heteroatoms. The summed E-state index contributed by atoms with van der Waals surface area (Å²) >= 11 is 0. The fraction of sp³-hybridized carbons (Fsp3) is 0.500. The second-order valence-corrected chi connectivity index (χ2v) is 4.21. The number of aryl methyl sites for hydroxylation is 2. The topological polar surface area (TPSA) is 35.2 Å². The predicted molar refractivity (Wildman–Crippen MR) is 57.8 cm³/mol. The van der Waals surface area contributed by atoms with E-state index >= 15 is 0 Å². The minimum atomic E-state index is 0.338. The van der Waals surface area contributed by atoms with Crippen molar-refractivity contribution in [1.29, 1.82) is 0 Å². The highest BCUT2D eigenvalue weighted by Gasteiger charge is 2.37. The molecule has 2 rings (SSSR count). The van der Waals surface area contributed by atoms with Crippen LogP contribution in [0.15, 0.2) is 12.1 Å². The Morgan fingerprint density at radius 2 is 2.00 bits per heavy atom. The van der Waals surface area contributed by atoms with Crippen LogP contribution in [0.2, 0.25) is 0 Å². The number of nitrogens with two attached hydrogens (primary N) is 1. The maximum Gasteiger partial charge on any atom is 0.125 e. The van der Waals surface area contributed by atoms with Gasteiger partial charge in [0.25, 0.3) is 0 Å². The van der Waals surface area contributed by atoms with E-state index in [0.717, 1.165) is 12.2 Å². The Labute approximate surface area is 85.1 Å². The van der Waals surface area contributed by atoms with Crippen LogP contribution in [0.3, 0.4) is 0 Å². The van der Waals surface area contributed by atoms with E-state index in [9.17, 15) is 0 Å². The van der Waals surface area contributed by atoms with Gasteiger partial charge in [0, 0.05) is 12.0 Å². The molecule has 1 aromatic rings. The van der Waals surface area contributed by atoms with Gasteiger partial charge in [0.15, 0.2) is 0 Å². The summed E-state index contributed by atoms with van der Waals surface area (Å²) in [6, 6.07) is 4.68. The van der Waals surface area contributed by atoms with E-state index in [0.29, 0.717) is 12.0 Å². The molecular weight excluding hydrogens is 174 g/mol. The minimum Gasteiger partial charge on any atom is -0.496 e. The predicted octanol–water partition coefficient (Wildman–Crippen LogP) is 2.13. The molecular formula is C12H17NO. The summed E-state index contributed by atoms with van der Waals surface area (Å²) in [5, 5.41) is 0. The molecule has 0 amide bonds. The van der Waals surface area contributed by atoms with Gasteiger partial charge in [0.1, 0.15) is 5.75 Å². The van der Waals surface area contributed by atoms with Crippen LogP contribution in [-0.4, -0.2) is 13.2 Å². The van der Waals surface area contributed by atoms with Crippen molar-refractivity contribution in [3.05, 3.63) is 28.8 Å². The first-order valence-corrected chi connectivity index (χ1v) is 5.04. The monoisotopic (exact) mass is 191 g/mol. The molecule has 2 nitrogen and oxygen atoms in total. The van der Waals surface area contributed by atoms with Crippen LogP contribution in [0.5, 0.6) is 5.75 Å². The van der Waals surface area contributed by atoms with Crippen LogP contribution in [0.25, 0.3) is 0 Å². The second-order valence-electron chi connectivity index (χ2n) is 4.21. The molecule has 14 heavy (non-hydrogen) atoms. The van der Waals surface area contributed by atoms with Crippen LogP contribution in [0.4, 0.5) is 0 Å². The molecule has 1 aromatic carbocycles. The average Bonchev–Trinajstić information content (AvgIpc) is 2.81. The first-order valence-electron chi connectivity index (χ1n) is 5.04. The standard InChI is InChI=1S/C12H17NO/c1-7-4-8(2)12(14-3)10(5-7)9-6-11(9)13/h4-5,9,11H,6,13H2,1-3H3. The van der Waals surface area contributed by atoms with Crippen molar-refractivity contribution in [3.63, 3.8) is 0 Å². The molecule has 2 atom stereocenters. The smallest absolute Gasteiger partial charge is 0.125 e. The summed E-state index contributed by atoms with van der Waals surface area (Å²) in [6.45, 7) is 4.20. The lowest BCUT2D eigenvalue weighted by atomic mass is 10.0. The largest absolute Gasteiger partial charge is 0.496 e. The SMILES string of the molecule is COc1c(C)cc(C)cc1C1CC1N. The Morgan fingerprint density at radius 1 is 1.36 bits per heavy atom. The first-order chi connectivity index (χ1) is 6.63. The van der Waals surface area contributed by atoms with Crippen LogP contribution in [0.1, 0.15) is 29.0 Å². The van der Waals surface area contributed by atoms with E-state index in [1.165, 1.54) is 16.7 Å². The molecule has 76 valence electrons. The van der Waals surface area contributed by atoms with Gasteiger partial charge in [-0.25, -0.2) is 0 Å². The van der Waals surface area contributed by atoms with Gasteiger partial charge >= 0.3 is 0 Å². The second kappa shape index (κ2) is 3.28. The molecule has 1 aliphatic carbocycles. The lowest BCUT2D eigenvalue weighted by Gasteiger charge is -2.12. The zero-order valence-electron chi connectivity index (χ0n) is 9.00. The van der Waals surface area contributed by atoms with E-state index in [1.807, 2.05) is 0 Å². The van der Waals surface area contributed by atoms with Crippen molar-refractivity contribution >= 4 is 0 Å². The van der Waals surface area contributed by atoms with Crippen molar-refractivity contribution in [2.24, 2.45) is 5.73 Å². The van der Waals surface area contributed by atoms with E-state index in [-0.39, 0.29) is 0 Å². The molecule has 1 aliphatic rings. The summed E-state index contributed by atoms with van der Waals surface area (Å²) in [6.07, 6.45) is 1.10. The number of benzene rings is 1. The molecule has 0 aromatic heterocycles. The van der Waals surface area contributed by atoms with Gasteiger partial charge in [-0.15, -0.1) is 0 Å². The maximum absolute atomic E-state index is 5.87. The summed E-state index contributed by atoms with van der Waals surface area (Å²) in [4.78, 5) is 0. The van der Waals surface area contributed by atoms with Gasteiger partial charge in [-0.05, 0) is 31.4 Å². The Kier molecular flexibility index (Phi) is 2.23. The van der Waals surface area contributed by atoms with Gasteiger partial charge in [-0.1, -0.05) is 17.7 Å². The molecule has 2 unspecified atom stereocenters. The van der Waals surface area contributed by atoms with Crippen LogP contribution in [0, 0.1) is 13.8 Å². The Hall–Kier alpha value is -1.02. The summed E-state index contributed by atoms with van der Waals surface area (Å²) < 4.78 is 5.43.